The van der Waals surface area contributed by atoms with Crippen molar-refractivity contribution in [2.45, 2.75) is 38.9 Å². The van der Waals surface area contributed by atoms with Crippen LogP contribution in [-0.4, -0.2) is 21.4 Å². The lowest BCUT2D eigenvalue weighted by Gasteiger charge is -2.36. The molecule has 0 radical (unpaired) electrons. The minimum absolute atomic E-state index is 0.113. The number of ether oxygens (including phenoxy) is 1. The van der Waals surface area contributed by atoms with E-state index in [2.05, 4.69) is 33.9 Å². The first-order valence-corrected chi connectivity index (χ1v) is 9.32. The van der Waals surface area contributed by atoms with Crippen molar-refractivity contribution in [2.75, 3.05) is 7.11 Å². The summed E-state index contributed by atoms with van der Waals surface area (Å²) in [6.45, 7) is 10.8. The van der Waals surface area contributed by atoms with Crippen LogP contribution in [0, 0.1) is 0 Å². The molecule has 0 aliphatic carbocycles. The maximum absolute atomic E-state index is 11.6. The molecule has 0 bridgehead atoms. The number of methoxy groups -OCH3 is 1. The Kier molecular flexibility index (Phi) is 4.04. The van der Waals surface area contributed by atoms with E-state index in [1.807, 2.05) is 11.4 Å². The predicted octanol–water partition coefficient (Wildman–Crippen LogP) is 3.92. The van der Waals surface area contributed by atoms with Crippen molar-refractivity contribution < 1.29 is 14.0 Å². The zero-order chi connectivity index (χ0) is 13.3. The van der Waals surface area contributed by atoms with E-state index in [1.165, 1.54) is 18.4 Å². The summed E-state index contributed by atoms with van der Waals surface area (Å²) < 4.78 is 10.9. The summed E-state index contributed by atoms with van der Waals surface area (Å²) in [7, 11) is -0.514. The summed E-state index contributed by atoms with van der Waals surface area (Å²) in [6, 6.07) is 1.84. The van der Waals surface area contributed by atoms with Gasteiger partial charge in [0.05, 0.1) is 7.11 Å². The highest BCUT2D eigenvalue weighted by Gasteiger charge is 2.39. The van der Waals surface area contributed by atoms with Gasteiger partial charge in [-0.15, -0.1) is 11.3 Å². The number of carbonyl (C=O) groups excluding carboxylic acids is 1. The standard InChI is InChI=1S/C12H20O3SSi/c1-12(2,3)17(5,6)15-9-7-8-16-10(9)11(13)14-4/h7-8H,1-6H3. The number of rotatable bonds is 3. The van der Waals surface area contributed by atoms with E-state index in [9.17, 15) is 4.79 Å². The number of hydrogen-bond donors (Lipinski definition) is 0. The third kappa shape index (κ3) is 3.10. The molecule has 0 aromatic carbocycles. The van der Waals surface area contributed by atoms with Crippen LogP contribution in [0.4, 0.5) is 0 Å². The number of carbonyl (C=O) groups is 1. The van der Waals surface area contributed by atoms with Crippen molar-refractivity contribution in [1.29, 1.82) is 0 Å². The SMILES string of the molecule is COC(=O)c1sccc1O[Si](C)(C)C(C)(C)C. The van der Waals surface area contributed by atoms with Crippen LogP contribution in [0.2, 0.25) is 18.1 Å². The van der Waals surface area contributed by atoms with Crippen molar-refractivity contribution in [3.63, 3.8) is 0 Å². The second kappa shape index (κ2) is 4.82. The van der Waals surface area contributed by atoms with Crippen LogP contribution >= 0.6 is 11.3 Å². The second-order valence-corrected chi connectivity index (χ2v) is 11.1. The Morgan fingerprint density at radius 2 is 1.94 bits per heavy atom. The van der Waals surface area contributed by atoms with Gasteiger partial charge in [-0.1, -0.05) is 20.8 Å². The van der Waals surface area contributed by atoms with Crippen LogP contribution < -0.4 is 4.43 Å². The molecule has 96 valence electrons. The molecule has 1 aromatic heterocycles. The molecule has 1 aromatic rings. The van der Waals surface area contributed by atoms with Crippen molar-refractivity contribution in [3.05, 3.63) is 16.3 Å². The highest BCUT2D eigenvalue weighted by molar-refractivity contribution is 7.12. The van der Waals surface area contributed by atoms with Gasteiger partial charge in [-0.2, -0.15) is 0 Å². The van der Waals surface area contributed by atoms with Crippen LogP contribution in [-0.2, 0) is 4.74 Å². The van der Waals surface area contributed by atoms with Gasteiger partial charge < -0.3 is 9.16 Å². The molecule has 0 saturated heterocycles. The van der Waals surface area contributed by atoms with Gasteiger partial charge in [-0.05, 0) is 29.6 Å². The zero-order valence-corrected chi connectivity index (χ0v) is 13.1. The molecular formula is C12H20O3SSi. The van der Waals surface area contributed by atoms with Gasteiger partial charge >= 0.3 is 5.97 Å². The number of hydrogen-bond acceptors (Lipinski definition) is 4. The number of thiophene rings is 1. The average molecular weight is 272 g/mol. The van der Waals surface area contributed by atoms with Gasteiger partial charge in [0.15, 0.2) is 4.88 Å². The number of esters is 1. The van der Waals surface area contributed by atoms with Crippen LogP contribution in [0.1, 0.15) is 30.4 Å². The molecule has 0 saturated carbocycles. The normalized spacial score (nSPS) is 12.4. The molecule has 17 heavy (non-hydrogen) atoms. The van der Waals surface area contributed by atoms with E-state index in [4.69, 9.17) is 9.16 Å². The molecule has 1 rings (SSSR count). The van der Waals surface area contributed by atoms with E-state index >= 15 is 0 Å². The molecule has 0 aliphatic rings. The van der Waals surface area contributed by atoms with Gasteiger partial charge in [0, 0.05) is 0 Å². The Morgan fingerprint density at radius 1 is 1.35 bits per heavy atom. The molecule has 5 heteroatoms. The van der Waals surface area contributed by atoms with Gasteiger partial charge in [-0.3, -0.25) is 0 Å². The Bertz CT molecular complexity index is 404. The van der Waals surface area contributed by atoms with Crippen LogP contribution in [0.15, 0.2) is 11.4 Å². The first-order valence-electron chi connectivity index (χ1n) is 5.54. The van der Waals surface area contributed by atoms with Gasteiger partial charge in [0.1, 0.15) is 5.75 Å². The quantitative estimate of drug-likeness (QED) is 0.618. The van der Waals surface area contributed by atoms with Crippen molar-refractivity contribution in [2.24, 2.45) is 0 Å². The van der Waals surface area contributed by atoms with Gasteiger partial charge in [0.25, 0.3) is 8.32 Å². The highest BCUT2D eigenvalue weighted by atomic mass is 32.1. The third-order valence-corrected chi connectivity index (χ3v) is 8.39. The Morgan fingerprint density at radius 3 is 2.41 bits per heavy atom. The molecule has 0 fully saturated rings. The summed E-state index contributed by atoms with van der Waals surface area (Å²) in [5, 5.41) is 1.97. The largest absolute Gasteiger partial charge is 0.542 e. The minimum Gasteiger partial charge on any atom is -0.542 e. The molecule has 1 heterocycles. The van der Waals surface area contributed by atoms with E-state index in [0.29, 0.717) is 10.6 Å². The summed E-state index contributed by atoms with van der Waals surface area (Å²) in [6.07, 6.45) is 0. The fourth-order valence-electron chi connectivity index (χ4n) is 1.05. The van der Waals surface area contributed by atoms with Crippen molar-refractivity contribution >= 4 is 25.6 Å². The summed E-state index contributed by atoms with van der Waals surface area (Å²) in [5.41, 5.74) is 0. The van der Waals surface area contributed by atoms with E-state index in [1.54, 1.807) is 0 Å². The van der Waals surface area contributed by atoms with Gasteiger partial charge in [-0.25, -0.2) is 4.79 Å². The predicted molar refractivity (Wildman–Crippen MR) is 73.5 cm³/mol. The molecular weight excluding hydrogens is 252 g/mol. The molecule has 0 N–H and O–H groups in total. The Balaban J connectivity index is 2.97. The van der Waals surface area contributed by atoms with E-state index < -0.39 is 8.32 Å². The Hall–Kier alpha value is -0.813. The lowest BCUT2D eigenvalue weighted by molar-refractivity contribution is 0.0604. The highest BCUT2D eigenvalue weighted by Crippen LogP contribution is 2.39. The maximum atomic E-state index is 11.6. The lowest BCUT2D eigenvalue weighted by atomic mass is 10.2. The topological polar surface area (TPSA) is 35.5 Å². The smallest absolute Gasteiger partial charge is 0.351 e. The van der Waals surface area contributed by atoms with E-state index in [0.717, 1.165) is 0 Å². The first-order chi connectivity index (χ1) is 7.69. The molecule has 0 amide bonds. The fraction of sp³-hybridized carbons (Fsp3) is 0.583. The van der Waals surface area contributed by atoms with Crippen molar-refractivity contribution in [1.82, 2.24) is 0 Å². The first kappa shape index (κ1) is 14.2. The molecule has 0 spiro atoms. The third-order valence-electron chi connectivity index (χ3n) is 3.17. The van der Waals surface area contributed by atoms with Crippen LogP contribution in [0.25, 0.3) is 0 Å². The average Bonchev–Trinajstić information content (AvgIpc) is 2.62. The van der Waals surface area contributed by atoms with Gasteiger partial charge in [0.2, 0.25) is 0 Å². The molecule has 0 atom stereocenters. The molecule has 0 unspecified atom stereocenters. The Labute approximate surface area is 108 Å². The van der Waals surface area contributed by atoms with Crippen LogP contribution in [0.3, 0.4) is 0 Å². The van der Waals surface area contributed by atoms with Crippen LogP contribution in [0.5, 0.6) is 5.75 Å². The zero-order valence-electron chi connectivity index (χ0n) is 11.3. The maximum Gasteiger partial charge on any atom is 0.351 e. The molecule has 3 nitrogen and oxygen atoms in total. The summed E-state index contributed by atoms with van der Waals surface area (Å²) >= 11 is 1.36. The summed E-state index contributed by atoms with van der Waals surface area (Å²) in [4.78, 5) is 12.1. The van der Waals surface area contributed by atoms with Crippen molar-refractivity contribution in [3.8, 4) is 5.75 Å². The van der Waals surface area contributed by atoms with E-state index in [-0.39, 0.29) is 11.0 Å². The summed E-state index contributed by atoms with van der Waals surface area (Å²) in [5.74, 6) is 0.335. The monoisotopic (exact) mass is 272 g/mol. The molecule has 0 aliphatic heterocycles. The lowest BCUT2D eigenvalue weighted by Crippen LogP contribution is -2.44. The second-order valence-electron chi connectivity index (χ2n) is 5.47. The minimum atomic E-state index is -1.90. The fourth-order valence-corrected chi connectivity index (χ4v) is 2.88.